The molecule has 0 aliphatic heterocycles. The van der Waals surface area contributed by atoms with Gasteiger partial charge in [-0.15, -0.1) is 0 Å². The molecule has 0 radical (unpaired) electrons. The molecule has 4 rings (SSSR count). The van der Waals surface area contributed by atoms with Gasteiger partial charge in [-0.25, -0.2) is 0 Å². The van der Waals surface area contributed by atoms with E-state index in [4.69, 9.17) is 11.6 Å². The highest BCUT2D eigenvalue weighted by Crippen LogP contribution is 2.33. The maximum atomic E-state index is 14.3. The van der Waals surface area contributed by atoms with Gasteiger partial charge in [-0.1, -0.05) is 86.7 Å². The van der Waals surface area contributed by atoms with Crippen molar-refractivity contribution < 1.29 is 9.59 Å². The summed E-state index contributed by atoms with van der Waals surface area (Å²) in [5.41, 5.74) is 5.06. The van der Waals surface area contributed by atoms with E-state index in [9.17, 15) is 9.59 Å². The molecule has 5 heteroatoms. The lowest BCUT2D eigenvalue weighted by atomic mass is 9.94. The van der Waals surface area contributed by atoms with E-state index < -0.39 is 6.04 Å². The number of benzene rings is 3. The summed E-state index contributed by atoms with van der Waals surface area (Å²) in [5.74, 6) is -0.00284. The summed E-state index contributed by atoms with van der Waals surface area (Å²) in [5, 5.41) is 3.87. The number of hydrogen-bond acceptors (Lipinski definition) is 2. The second-order valence-corrected chi connectivity index (χ2v) is 11.0. The largest absolute Gasteiger partial charge is 0.351 e. The van der Waals surface area contributed by atoms with E-state index in [2.05, 4.69) is 19.2 Å². The predicted molar refractivity (Wildman–Crippen MR) is 152 cm³/mol. The summed E-state index contributed by atoms with van der Waals surface area (Å²) >= 11 is 6.21. The Balaban J connectivity index is 1.84. The molecular formula is C32H37ClN2O2. The highest BCUT2D eigenvalue weighted by molar-refractivity contribution is 6.30. The van der Waals surface area contributed by atoms with E-state index >= 15 is 0 Å². The lowest BCUT2D eigenvalue weighted by Gasteiger charge is -2.34. The van der Waals surface area contributed by atoms with Crippen LogP contribution in [0.1, 0.15) is 90.5 Å². The van der Waals surface area contributed by atoms with Crippen molar-refractivity contribution in [3.05, 3.63) is 99.6 Å². The molecule has 1 unspecified atom stereocenters. The average molecular weight is 517 g/mol. The minimum absolute atomic E-state index is 0.122. The van der Waals surface area contributed by atoms with Crippen LogP contribution in [-0.4, -0.2) is 17.9 Å². The van der Waals surface area contributed by atoms with Gasteiger partial charge in [0.15, 0.2) is 0 Å². The summed E-state index contributed by atoms with van der Waals surface area (Å²) in [4.78, 5) is 30.0. The average Bonchev–Trinajstić information content (AvgIpc) is 2.89. The Kier molecular flexibility index (Phi) is 8.71. The summed E-state index contributed by atoms with van der Waals surface area (Å²) in [6.07, 6.45) is 5.35. The molecule has 2 amide bonds. The van der Waals surface area contributed by atoms with Gasteiger partial charge in [-0.05, 0) is 79.6 Å². The van der Waals surface area contributed by atoms with Crippen molar-refractivity contribution in [1.82, 2.24) is 5.32 Å². The van der Waals surface area contributed by atoms with Crippen LogP contribution in [0.4, 0.5) is 5.69 Å². The third kappa shape index (κ3) is 6.42. The Hall–Kier alpha value is -3.11. The zero-order valence-corrected chi connectivity index (χ0v) is 23.0. The Bertz CT molecular complexity index is 1230. The Labute approximate surface area is 226 Å². The topological polar surface area (TPSA) is 49.4 Å². The van der Waals surface area contributed by atoms with E-state index in [1.807, 2.05) is 68.4 Å². The number of halogens is 1. The summed E-state index contributed by atoms with van der Waals surface area (Å²) in [6, 6.07) is 20.4. The first kappa shape index (κ1) is 26.9. The van der Waals surface area contributed by atoms with Gasteiger partial charge in [0.2, 0.25) is 5.91 Å². The maximum Gasteiger partial charge on any atom is 0.259 e. The molecule has 37 heavy (non-hydrogen) atoms. The van der Waals surface area contributed by atoms with Crippen molar-refractivity contribution in [2.45, 2.75) is 77.8 Å². The van der Waals surface area contributed by atoms with Crippen LogP contribution in [0.25, 0.3) is 0 Å². The normalized spacial score (nSPS) is 14.9. The molecule has 194 valence electrons. The van der Waals surface area contributed by atoms with Gasteiger partial charge < -0.3 is 5.32 Å². The number of hydrogen-bond donors (Lipinski definition) is 1. The Morgan fingerprint density at radius 1 is 0.865 bits per heavy atom. The van der Waals surface area contributed by atoms with Crippen molar-refractivity contribution in [2.75, 3.05) is 4.90 Å². The number of amides is 2. The molecule has 1 aliphatic rings. The maximum absolute atomic E-state index is 14.3. The van der Waals surface area contributed by atoms with Crippen molar-refractivity contribution >= 4 is 29.1 Å². The minimum atomic E-state index is -0.837. The second kappa shape index (κ2) is 12.0. The molecule has 3 aromatic carbocycles. The molecule has 1 aliphatic carbocycles. The van der Waals surface area contributed by atoms with Crippen LogP contribution < -0.4 is 10.2 Å². The number of carbonyl (C=O) groups excluding carboxylic acids is 2. The van der Waals surface area contributed by atoms with Crippen LogP contribution in [0.2, 0.25) is 5.02 Å². The highest BCUT2D eigenvalue weighted by atomic mass is 35.5. The molecule has 0 aromatic heterocycles. The van der Waals surface area contributed by atoms with E-state index in [0.29, 0.717) is 22.2 Å². The van der Waals surface area contributed by atoms with Crippen LogP contribution in [0, 0.1) is 13.8 Å². The first-order valence-electron chi connectivity index (χ1n) is 13.3. The molecule has 1 atom stereocenters. The highest BCUT2D eigenvalue weighted by Gasteiger charge is 2.35. The molecule has 0 heterocycles. The van der Waals surface area contributed by atoms with Gasteiger partial charge in [-0.2, -0.15) is 0 Å². The number of carbonyl (C=O) groups is 2. The fourth-order valence-corrected chi connectivity index (χ4v) is 5.22. The Morgan fingerprint density at radius 2 is 1.49 bits per heavy atom. The van der Waals surface area contributed by atoms with Crippen LogP contribution in [-0.2, 0) is 4.79 Å². The van der Waals surface area contributed by atoms with Gasteiger partial charge in [0.1, 0.15) is 6.04 Å². The van der Waals surface area contributed by atoms with Gasteiger partial charge >= 0.3 is 0 Å². The molecule has 4 nitrogen and oxygen atoms in total. The molecule has 0 spiro atoms. The minimum Gasteiger partial charge on any atom is -0.351 e. The Morgan fingerprint density at radius 3 is 2.11 bits per heavy atom. The van der Waals surface area contributed by atoms with E-state index in [1.54, 1.807) is 17.0 Å². The van der Waals surface area contributed by atoms with Gasteiger partial charge in [0, 0.05) is 22.3 Å². The molecule has 1 fully saturated rings. The lowest BCUT2D eigenvalue weighted by molar-refractivity contribution is -0.123. The lowest BCUT2D eigenvalue weighted by Crippen LogP contribution is -2.47. The predicted octanol–water partition coefficient (Wildman–Crippen LogP) is 7.92. The summed E-state index contributed by atoms with van der Waals surface area (Å²) in [7, 11) is 0. The van der Waals surface area contributed by atoms with Crippen molar-refractivity contribution in [3.8, 4) is 0 Å². The number of anilines is 1. The van der Waals surface area contributed by atoms with Crippen molar-refractivity contribution in [2.24, 2.45) is 0 Å². The fraction of sp³-hybridized carbons (Fsp3) is 0.375. The van der Waals surface area contributed by atoms with Crippen LogP contribution in [0.15, 0.2) is 66.7 Å². The second-order valence-electron chi connectivity index (χ2n) is 10.5. The fourth-order valence-electron chi connectivity index (χ4n) is 5.09. The van der Waals surface area contributed by atoms with E-state index in [0.717, 1.165) is 42.4 Å². The van der Waals surface area contributed by atoms with E-state index in [-0.39, 0.29) is 17.9 Å². The first-order chi connectivity index (χ1) is 17.7. The van der Waals surface area contributed by atoms with Gasteiger partial charge in [0.25, 0.3) is 5.91 Å². The number of aryl methyl sites for hydroxylation is 2. The summed E-state index contributed by atoms with van der Waals surface area (Å²) in [6.45, 7) is 8.20. The number of rotatable bonds is 7. The number of nitrogens with one attached hydrogen (secondary N) is 1. The SMILES string of the molecule is Cc1ccc(C)c(C(=O)N(c2ccc(C(C)C)cc2)C(C(=O)NC2CCCCC2)c2ccc(Cl)cc2)c1. The monoisotopic (exact) mass is 516 g/mol. The van der Waals surface area contributed by atoms with Crippen LogP contribution in [0.3, 0.4) is 0 Å². The van der Waals surface area contributed by atoms with Crippen LogP contribution >= 0.6 is 11.6 Å². The smallest absolute Gasteiger partial charge is 0.259 e. The quantitative estimate of drug-likeness (QED) is 0.346. The zero-order chi connectivity index (χ0) is 26.5. The standard InChI is InChI=1S/C32H37ClN2O2/c1-21(2)24-14-18-28(19-15-24)35(32(37)29-20-22(3)10-11-23(29)4)30(25-12-16-26(33)17-13-25)31(36)34-27-8-6-5-7-9-27/h10-21,27,30H,5-9H2,1-4H3,(H,34,36). The molecular weight excluding hydrogens is 480 g/mol. The van der Waals surface area contributed by atoms with Crippen molar-refractivity contribution in [1.29, 1.82) is 0 Å². The zero-order valence-electron chi connectivity index (χ0n) is 22.3. The molecule has 3 aromatic rings. The molecule has 0 bridgehead atoms. The van der Waals surface area contributed by atoms with E-state index in [1.165, 1.54) is 12.0 Å². The van der Waals surface area contributed by atoms with Gasteiger partial charge in [0.05, 0.1) is 0 Å². The van der Waals surface area contributed by atoms with Gasteiger partial charge in [-0.3, -0.25) is 14.5 Å². The van der Waals surface area contributed by atoms with Crippen LogP contribution in [0.5, 0.6) is 0 Å². The molecule has 1 N–H and O–H groups in total. The summed E-state index contributed by atoms with van der Waals surface area (Å²) < 4.78 is 0. The number of nitrogens with zero attached hydrogens (tertiary/aromatic N) is 1. The molecule has 0 saturated heterocycles. The third-order valence-electron chi connectivity index (χ3n) is 7.32. The first-order valence-corrected chi connectivity index (χ1v) is 13.7. The third-order valence-corrected chi connectivity index (χ3v) is 7.58. The molecule has 1 saturated carbocycles. The van der Waals surface area contributed by atoms with Crippen molar-refractivity contribution in [3.63, 3.8) is 0 Å².